The normalized spacial score (nSPS) is 15.1. The number of benzene rings is 1. The third-order valence-corrected chi connectivity index (χ3v) is 4.31. The van der Waals surface area contributed by atoms with E-state index < -0.39 is 0 Å². The fraction of sp³-hybridized carbons (Fsp3) is 0.600. The summed E-state index contributed by atoms with van der Waals surface area (Å²) in [6.07, 6.45) is 8.72. The number of nitriles is 1. The van der Waals surface area contributed by atoms with Gasteiger partial charge >= 0.3 is 0 Å². The minimum absolute atomic E-state index is 0.154. The molecular weight excluding hydrogens is 254 g/mol. The second-order valence-corrected chi connectivity index (χ2v) is 6.48. The van der Waals surface area contributed by atoms with Crippen molar-refractivity contribution in [2.45, 2.75) is 65.2 Å². The molecule has 0 bridgehead atoms. The highest BCUT2D eigenvalue weighted by Crippen LogP contribution is 2.38. The summed E-state index contributed by atoms with van der Waals surface area (Å²) in [4.78, 5) is 0. The molecule has 1 radical (unpaired) electrons. The molecule has 0 N–H and O–H groups in total. The summed E-state index contributed by atoms with van der Waals surface area (Å²) in [6, 6.07) is 12.9. The standard InChI is InChI=1S/C20H30N/c1-4-6-14-20(3,13-5-2)17-19(12-15-21)16-18-10-8-7-9-11-18/h7-11,19H,3-6,12-14,16-17H2,1-2H3. The Morgan fingerprint density at radius 2 is 1.86 bits per heavy atom. The monoisotopic (exact) mass is 284 g/mol. The zero-order valence-electron chi connectivity index (χ0n) is 13.8. The van der Waals surface area contributed by atoms with Gasteiger partial charge in [-0.2, -0.15) is 5.26 Å². The van der Waals surface area contributed by atoms with E-state index in [1.807, 2.05) is 6.07 Å². The SMILES string of the molecule is [CH2]C(CCC)(CCCC)CC(CC#N)Cc1ccccc1. The predicted molar refractivity (Wildman–Crippen MR) is 90.7 cm³/mol. The molecule has 0 amide bonds. The first kappa shape index (κ1) is 17.8. The summed E-state index contributed by atoms with van der Waals surface area (Å²) in [7, 11) is 0. The van der Waals surface area contributed by atoms with Gasteiger partial charge in [0.25, 0.3) is 0 Å². The molecule has 1 aromatic rings. The van der Waals surface area contributed by atoms with Crippen molar-refractivity contribution in [2.24, 2.45) is 11.3 Å². The molecule has 0 heterocycles. The van der Waals surface area contributed by atoms with Gasteiger partial charge in [-0.25, -0.2) is 0 Å². The molecule has 1 rings (SSSR count). The fourth-order valence-corrected chi connectivity index (χ4v) is 3.32. The molecule has 1 nitrogen and oxygen atoms in total. The number of rotatable bonds is 10. The van der Waals surface area contributed by atoms with Crippen molar-refractivity contribution in [3.8, 4) is 6.07 Å². The van der Waals surface area contributed by atoms with E-state index in [1.165, 1.54) is 37.7 Å². The Morgan fingerprint density at radius 3 is 2.43 bits per heavy atom. The van der Waals surface area contributed by atoms with Crippen LogP contribution in [0.25, 0.3) is 0 Å². The molecule has 0 aliphatic carbocycles. The van der Waals surface area contributed by atoms with Gasteiger partial charge in [0.15, 0.2) is 0 Å². The van der Waals surface area contributed by atoms with E-state index in [4.69, 9.17) is 5.26 Å². The van der Waals surface area contributed by atoms with Crippen molar-refractivity contribution in [3.05, 3.63) is 42.8 Å². The Bertz CT molecular complexity index is 417. The van der Waals surface area contributed by atoms with Crippen LogP contribution < -0.4 is 0 Å². The smallest absolute Gasteiger partial charge is 0.0624 e. The van der Waals surface area contributed by atoms with Gasteiger partial charge < -0.3 is 0 Å². The second kappa shape index (κ2) is 9.61. The highest BCUT2D eigenvalue weighted by atomic mass is 14.3. The van der Waals surface area contributed by atoms with Crippen LogP contribution in [0.5, 0.6) is 0 Å². The molecule has 0 aromatic heterocycles. The number of hydrogen-bond donors (Lipinski definition) is 0. The van der Waals surface area contributed by atoms with Crippen LogP contribution in [0.4, 0.5) is 0 Å². The third kappa shape index (κ3) is 6.80. The van der Waals surface area contributed by atoms with Crippen molar-refractivity contribution >= 4 is 0 Å². The topological polar surface area (TPSA) is 23.8 Å². The number of nitrogens with zero attached hydrogens (tertiary/aromatic N) is 1. The largest absolute Gasteiger partial charge is 0.198 e. The van der Waals surface area contributed by atoms with E-state index in [2.05, 4.69) is 51.1 Å². The molecular formula is C20H30N. The molecule has 0 aliphatic rings. The van der Waals surface area contributed by atoms with Gasteiger partial charge in [-0.1, -0.05) is 63.4 Å². The van der Waals surface area contributed by atoms with Crippen LogP contribution in [0, 0.1) is 29.6 Å². The van der Waals surface area contributed by atoms with Crippen LogP contribution in [0.1, 0.15) is 64.4 Å². The van der Waals surface area contributed by atoms with Crippen LogP contribution in [-0.4, -0.2) is 0 Å². The summed E-state index contributed by atoms with van der Waals surface area (Å²) >= 11 is 0. The maximum Gasteiger partial charge on any atom is 0.0624 e. The Kier molecular flexibility index (Phi) is 8.13. The average Bonchev–Trinajstić information content (AvgIpc) is 2.47. The Labute approximate surface area is 131 Å². The van der Waals surface area contributed by atoms with E-state index >= 15 is 0 Å². The first-order valence-electron chi connectivity index (χ1n) is 8.39. The predicted octanol–water partition coefficient (Wildman–Crippen LogP) is 5.96. The van der Waals surface area contributed by atoms with E-state index in [9.17, 15) is 0 Å². The minimum atomic E-state index is 0.154. The van der Waals surface area contributed by atoms with E-state index in [0.29, 0.717) is 12.3 Å². The summed E-state index contributed by atoms with van der Waals surface area (Å²) in [5.41, 5.74) is 1.49. The van der Waals surface area contributed by atoms with Gasteiger partial charge in [0.05, 0.1) is 6.07 Å². The molecule has 0 saturated carbocycles. The maximum absolute atomic E-state index is 9.15. The molecule has 2 atom stereocenters. The molecule has 21 heavy (non-hydrogen) atoms. The van der Waals surface area contributed by atoms with Gasteiger partial charge in [-0.15, -0.1) is 0 Å². The molecule has 1 heteroatoms. The van der Waals surface area contributed by atoms with Crippen LogP contribution >= 0.6 is 0 Å². The van der Waals surface area contributed by atoms with Crippen molar-refractivity contribution in [1.29, 1.82) is 5.26 Å². The molecule has 115 valence electrons. The first-order chi connectivity index (χ1) is 10.1. The van der Waals surface area contributed by atoms with Crippen molar-refractivity contribution in [1.82, 2.24) is 0 Å². The zero-order chi connectivity index (χ0) is 15.6. The summed E-state index contributed by atoms with van der Waals surface area (Å²) in [5, 5.41) is 9.15. The lowest BCUT2D eigenvalue weighted by atomic mass is 9.72. The lowest BCUT2D eigenvalue weighted by molar-refractivity contribution is 0.231. The van der Waals surface area contributed by atoms with Crippen molar-refractivity contribution in [3.63, 3.8) is 0 Å². The Hall–Kier alpha value is -1.29. The van der Waals surface area contributed by atoms with Crippen LogP contribution in [0.2, 0.25) is 0 Å². The first-order valence-corrected chi connectivity index (χ1v) is 8.39. The number of hydrogen-bond acceptors (Lipinski definition) is 1. The van der Waals surface area contributed by atoms with Gasteiger partial charge in [-0.3, -0.25) is 0 Å². The summed E-state index contributed by atoms with van der Waals surface area (Å²) < 4.78 is 0. The Morgan fingerprint density at radius 1 is 1.14 bits per heavy atom. The minimum Gasteiger partial charge on any atom is -0.198 e. The van der Waals surface area contributed by atoms with E-state index in [0.717, 1.165) is 12.8 Å². The third-order valence-electron chi connectivity index (χ3n) is 4.31. The highest BCUT2D eigenvalue weighted by Gasteiger charge is 2.27. The van der Waals surface area contributed by atoms with Crippen LogP contribution in [0.15, 0.2) is 30.3 Å². The van der Waals surface area contributed by atoms with Crippen LogP contribution in [-0.2, 0) is 6.42 Å². The Balaban J connectivity index is 2.72. The summed E-state index contributed by atoms with van der Waals surface area (Å²) in [5.74, 6) is 0.429. The van der Waals surface area contributed by atoms with E-state index in [-0.39, 0.29) is 5.41 Å². The molecule has 0 fully saturated rings. The average molecular weight is 284 g/mol. The summed E-state index contributed by atoms with van der Waals surface area (Å²) in [6.45, 7) is 9.03. The lowest BCUT2D eigenvalue weighted by Gasteiger charge is -2.33. The zero-order valence-corrected chi connectivity index (χ0v) is 13.8. The molecule has 0 spiro atoms. The maximum atomic E-state index is 9.15. The second-order valence-electron chi connectivity index (χ2n) is 6.48. The quantitative estimate of drug-likeness (QED) is 0.520. The van der Waals surface area contributed by atoms with Gasteiger partial charge in [-0.05, 0) is 49.5 Å². The highest BCUT2D eigenvalue weighted by molar-refractivity contribution is 5.15. The van der Waals surface area contributed by atoms with Gasteiger partial charge in [0.2, 0.25) is 0 Å². The lowest BCUT2D eigenvalue weighted by Crippen LogP contribution is -2.22. The van der Waals surface area contributed by atoms with Crippen molar-refractivity contribution in [2.75, 3.05) is 0 Å². The van der Waals surface area contributed by atoms with Crippen LogP contribution in [0.3, 0.4) is 0 Å². The fourth-order valence-electron chi connectivity index (χ4n) is 3.32. The van der Waals surface area contributed by atoms with Gasteiger partial charge in [0.1, 0.15) is 0 Å². The molecule has 0 saturated heterocycles. The molecule has 0 aliphatic heterocycles. The number of unbranched alkanes of at least 4 members (excludes halogenated alkanes) is 1. The van der Waals surface area contributed by atoms with E-state index in [1.54, 1.807) is 0 Å². The van der Waals surface area contributed by atoms with Gasteiger partial charge in [0, 0.05) is 6.42 Å². The molecule has 1 aromatic carbocycles. The van der Waals surface area contributed by atoms with Crippen molar-refractivity contribution < 1.29 is 0 Å². The molecule has 2 unspecified atom stereocenters.